The van der Waals surface area contributed by atoms with Gasteiger partial charge in [-0.2, -0.15) is 11.8 Å². The van der Waals surface area contributed by atoms with Crippen molar-refractivity contribution in [1.29, 1.82) is 0 Å². The van der Waals surface area contributed by atoms with Crippen LogP contribution in [0.25, 0.3) is 0 Å². The van der Waals surface area contributed by atoms with Gasteiger partial charge in [0, 0.05) is 17.3 Å². The zero-order chi connectivity index (χ0) is 11.0. The van der Waals surface area contributed by atoms with Crippen molar-refractivity contribution < 1.29 is 0 Å². The van der Waals surface area contributed by atoms with Gasteiger partial charge in [0.2, 0.25) is 0 Å². The third-order valence-corrected chi connectivity index (χ3v) is 6.09. The van der Waals surface area contributed by atoms with Crippen LogP contribution < -0.4 is 5.73 Å². The van der Waals surface area contributed by atoms with Crippen molar-refractivity contribution in [3.8, 4) is 0 Å². The van der Waals surface area contributed by atoms with Gasteiger partial charge in [0.15, 0.2) is 0 Å². The van der Waals surface area contributed by atoms with Crippen LogP contribution in [-0.2, 0) is 6.54 Å². The maximum absolute atomic E-state index is 5.82. The van der Waals surface area contributed by atoms with E-state index in [4.69, 9.17) is 10.7 Å². The smallest absolute Gasteiger partial charge is 0.106 e. The van der Waals surface area contributed by atoms with E-state index < -0.39 is 0 Å². The number of rotatable bonds is 3. The molecule has 4 heteroatoms. The number of hydrogen-bond donors (Lipinski definition) is 1. The van der Waals surface area contributed by atoms with Crippen molar-refractivity contribution in [2.45, 2.75) is 49.8 Å². The van der Waals surface area contributed by atoms with Gasteiger partial charge < -0.3 is 5.73 Å². The maximum atomic E-state index is 5.82. The standard InChI is InChI=1S/C12H18N2S2/c13-7-10-11(8-4-5-8)14-12(16-10)9-3-1-2-6-15-9/h8-9H,1-7,13H2. The third-order valence-electron chi connectivity index (χ3n) is 3.35. The molecule has 0 amide bonds. The minimum absolute atomic E-state index is 0.663. The van der Waals surface area contributed by atoms with Gasteiger partial charge in [-0.05, 0) is 31.4 Å². The topological polar surface area (TPSA) is 38.9 Å². The number of nitrogens with two attached hydrogens (primary N) is 1. The van der Waals surface area contributed by atoms with Crippen LogP contribution in [0.1, 0.15) is 58.9 Å². The number of thioether (sulfide) groups is 1. The Morgan fingerprint density at radius 2 is 2.12 bits per heavy atom. The summed E-state index contributed by atoms with van der Waals surface area (Å²) in [4.78, 5) is 6.24. The second kappa shape index (κ2) is 4.67. The highest BCUT2D eigenvalue weighted by atomic mass is 32.2. The first kappa shape index (κ1) is 11.1. The van der Waals surface area contributed by atoms with Gasteiger partial charge in [0.25, 0.3) is 0 Å². The van der Waals surface area contributed by atoms with Crippen LogP contribution >= 0.6 is 23.1 Å². The molecule has 1 saturated heterocycles. The Morgan fingerprint density at radius 3 is 2.75 bits per heavy atom. The minimum Gasteiger partial charge on any atom is -0.326 e. The van der Waals surface area contributed by atoms with E-state index in [9.17, 15) is 0 Å². The van der Waals surface area contributed by atoms with Gasteiger partial charge in [-0.15, -0.1) is 11.3 Å². The largest absolute Gasteiger partial charge is 0.326 e. The van der Waals surface area contributed by atoms with Crippen molar-refractivity contribution in [2.24, 2.45) is 5.73 Å². The zero-order valence-corrected chi connectivity index (χ0v) is 11.1. The van der Waals surface area contributed by atoms with E-state index in [-0.39, 0.29) is 0 Å². The fourth-order valence-corrected chi connectivity index (χ4v) is 4.86. The molecule has 1 atom stereocenters. The first-order chi connectivity index (χ1) is 7.88. The molecular formula is C12H18N2S2. The third kappa shape index (κ3) is 2.15. The van der Waals surface area contributed by atoms with Crippen molar-refractivity contribution in [2.75, 3.05) is 5.75 Å². The van der Waals surface area contributed by atoms with E-state index in [0.29, 0.717) is 11.8 Å². The minimum atomic E-state index is 0.663. The van der Waals surface area contributed by atoms with Gasteiger partial charge in [-0.25, -0.2) is 4.98 Å². The normalized spacial score (nSPS) is 25.9. The highest BCUT2D eigenvalue weighted by Gasteiger charge is 2.30. The first-order valence-electron chi connectivity index (χ1n) is 6.19. The predicted molar refractivity (Wildman–Crippen MR) is 71.0 cm³/mol. The monoisotopic (exact) mass is 254 g/mol. The molecule has 1 saturated carbocycles. The highest BCUT2D eigenvalue weighted by molar-refractivity contribution is 7.99. The Labute approximate surface area is 105 Å². The summed E-state index contributed by atoms with van der Waals surface area (Å²) in [7, 11) is 0. The van der Waals surface area contributed by atoms with E-state index in [1.165, 1.54) is 53.4 Å². The van der Waals surface area contributed by atoms with Crippen LogP contribution in [0.15, 0.2) is 0 Å². The molecule has 0 aromatic carbocycles. The Bertz CT molecular complexity index is 365. The van der Waals surface area contributed by atoms with Crippen molar-refractivity contribution >= 4 is 23.1 Å². The lowest BCUT2D eigenvalue weighted by molar-refractivity contribution is 0.682. The number of aromatic nitrogens is 1. The molecule has 0 radical (unpaired) electrons. The molecule has 16 heavy (non-hydrogen) atoms. The quantitative estimate of drug-likeness (QED) is 0.898. The first-order valence-corrected chi connectivity index (χ1v) is 8.06. The SMILES string of the molecule is NCc1sc(C2CCCCS2)nc1C1CC1. The molecule has 2 N–H and O–H groups in total. The lowest BCUT2D eigenvalue weighted by atomic mass is 10.2. The number of nitrogens with zero attached hydrogens (tertiary/aromatic N) is 1. The van der Waals surface area contributed by atoms with Gasteiger partial charge in [-0.1, -0.05) is 6.42 Å². The van der Waals surface area contributed by atoms with E-state index in [2.05, 4.69) is 11.8 Å². The molecular weight excluding hydrogens is 236 g/mol. The molecule has 1 aromatic rings. The molecule has 1 aliphatic carbocycles. The lowest BCUT2D eigenvalue weighted by Gasteiger charge is -2.18. The van der Waals surface area contributed by atoms with E-state index in [1.54, 1.807) is 0 Å². The highest BCUT2D eigenvalue weighted by Crippen LogP contribution is 2.46. The van der Waals surface area contributed by atoms with Gasteiger partial charge in [0.05, 0.1) is 10.9 Å². The Morgan fingerprint density at radius 1 is 1.25 bits per heavy atom. The molecule has 1 aromatic heterocycles. The predicted octanol–water partition coefficient (Wildman–Crippen LogP) is 3.44. The Balaban J connectivity index is 1.83. The molecule has 2 nitrogen and oxygen atoms in total. The summed E-state index contributed by atoms with van der Waals surface area (Å²) >= 11 is 3.97. The van der Waals surface area contributed by atoms with E-state index in [1.807, 2.05) is 11.3 Å². The second-order valence-electron chi connectivity index (χ2n) is 4.69. The molecule has 3 rings (SSSR count). The fourth-order valence-electron chi connectivity index (χ4n) is 2.28. The Hall–Kier alpha value is -0.0600. The number of hydrogen-bond acceptors (Lipinski definition) is 4. The summed E-state index contributed by atoms with van der Waals surface area (Å²) in [5, 5.41) is 2.02. The molecule has 2 heterocycles. The summed E-state index contributed by atoms with van der Waals surface area (Å²) in [5.41, 5.74) is 7.16. The average Bonchev–Trinajstić information content (AvgIpc) is 3.10. The summed E-state index contributed by atoms with van der Waals surface area (Å²) in [6, 6.07) is 0. The van der Waals surface area contributed by atoms with Gasteiger partial charge >= 0.3 is 0 Å². The summed E-state index contributed by atoms with van der Waals surface area (Å²) in [5.74, 6) is 2.05. The zero-order valence-electron chi connectivity index (χ0n) is 9.45. The second-order valence-corrected chi connectivity index (χ2v) is 7.12. The Kier molecular flexibility index (Phi) is 3.22. The van der Waals surface area contributed by atoms with E-state index >= 15 is 0 Å². The van der Waals surface area contributed by atoms with Gasteiger partial charge in [0.1, 0.15) is 5.01 Å². The van der Waals surface area contributed by atoms with Crippen molar-refractivity contribution in [1.82, 2.24) is 4.98 Å². The summed E-state index contributed by atoms with van der Waals surface area (Å²) < 4.78 is 0. The van der Waals surface area contributed by atoms with Crippen LogP contribution in [0.4, 0.5) is 0 Å². The lowest BCUT2D eigenvalue weighted by Crippen LogP contribution is -2.01. The van der Waals surface area contributed by atoms with Crippen molar-refractivity contribution in [3.05, 3.63) is 15.6 Å². The molecule has 2 fully saturated rings. The fraction of sp³-hybridized carbons (Fsp3) is 0.750. The molecule has 0 bridgehead atoms. The van der Waals surface area contributed by atoms with Gasteiger partial charge in [-0.3, -0.25) is 0 Å². The van der Waals surface area contributed by atoms with Crippen LogP contribution in [-0.4, -0.2) is 10.7 Å². The molecule has 1 unspecified atom stereocenters. The van der Waals surface area contributed by atoms with E-state index in [0.717, 1.165) is 5.92 Å². The van der Waals surface area contributed by atoms with Crippen LogP contribution in [0.5, 0.6) is 0 Å². The number of thiazole rings is 1. The van der Waals surface area contributed by atoms with Crippen molar-refractivity contribution in [3.63, 3.8) is 0 Å². The summed E-state index contributed by atoms with van der Waals surface area (Å²) in [6.45, 7) is 0.681. The molecule has 2 aliphatic rings. The maximum Gasteiger partial charge on any atom is 0.106 e. The molecule has 0 spiro atoms. The van der Waals surface area contributed by atoms with Crippen LogP contribution in [0.2, 0.25) is 0 Å². The summed E-state index contributed by atoms with van der Waals surface area (Å²) in [6.07, 6.45) is 6.72. The average molecular weight is 254 g/mol. The van der Waals surface area contributed by atoms with Crippen LogP contribution in [0.3, 0.4) is 0 Å². The molecule has 1 aliphatic heterocycles. The van der Waals surface area contributed by atoms with Crippen LogP contribution in [0, 0.1) is 0 Å². The molecule has 88 valence electrons.